The van der Waals surface area contributed by atoms with E-state index in [-0.39, 0.29) is 0 Å². The molecule has 2 aliphatic rings. The Morgan fingerprint density at radius 3 is 2.45 bits per heavy atom. The summed E-state index contributed by atoms with van der Waals surface area (Å²) in [6.45, 7) is 1.55. The van der Waals surface area contributed by atoms with Crippen LogP contribution < -0.4 is 15.0 Å². The molecule has 2 aliphatic heterocycles. The topological polar surface area (TPSA) is 24.5 Å². The molecule has 1 fully saturated rings. The Morgan fingerprint density at radius 1 is 1.03 bits per heavy atom. The number of hydrogen-bond acceptors (Lipinski definition) is 5. The summed E-state index contributed by atoms with van der Waals surface area (Å²) in [4.78, 5) is 6.17. The van der Waals surface area contributed by atoms with Crippen LogP contribution in [0, 0.1) is 11.8 Å². The molecule has 0 atom stereocenters. The Labute approximate surface area is 191 Å². The van der Waals surface area contributed by atoms with Crippen LogP contribution in [-0.4, -0.2) is 26.1 Å². The Morgan fingerprint density at radius 2 is 1.77 bits per heavy atom. The molecule has 5 heteroatoms. The summed E-state index contributed by atoms with van der Waals surface area (Å²) in [5.41, 5.74) is 4.48. The van der Waals surface area contributed by atoms with E-state index in [4.69, 9.17) is 4.74 Å². The third-order valence-electron chi connectivity index (χ3n) is 5.20. The van der Waals surface area contributed by atoms with Crippen LogP contribution in [0.4, 0.5) is 11.4 Å². The second-order valence-corrected chi connectivity index (χ2v) is 9.40. The standard InChI is InChI=1S/C26H22N2OS2/c1-29-24-13-12-19(16-21-17-27-18-30-21)15-20(24)7-6-14-28-22-8-2-4-10-25(22)31-26-11-5-3-9-23(26)28/h2-5,8-13,15-16,27H,14,17-18H2,1H3. The lowest BCUT2D eigenvalue weighted by Gasteiger charge is -2.31. The molecule has 2 heterocycles. The summed E-state index contributed by atoms with van der Waals surface area (Å²) < 4.78 is 5.57. The summed E-state index contributed by atoms with van der Waals surface area (Å²) in [7, 11) is 1.70. The largest absolute Gasteiger partial charge is 0.495 e. The Hall–Kier alpha value is -2.78. The first-order valence-electron chi connectivity index (χ1n) is 10.2. The van der Waals surface area contributed by atoms with Gasteiger partial charge < -0.3 is 15.0 Å². The van der Waals surface area contributed by atoms with E-state index < -0.39 is 0 Å². The van der Waals surface area contributed by atoms with E-state index in [1.165, 1.54) is 26.1 Å². The van der Waals surface area contributed by atoms with E-state index in [9.17, 15) is 0 Å². The van der Waals surface area contributed by atoms with Crippen molar-refractivity contribution in [3.8, 4) is 17.6 Å². The van der Waals surface area contributed by atoms with Gasteiger partial charge in [-0.2, -0.15) is 0 Å². The number of anilines is 2. The zero-order valence-corrected chi connectivity index (χ0v) is 18.9. The number of nitrogens with zero attached hydrogens (tertiary/aromatic N) is 1. The monoisotopic (exact) mass is 442 g/mol. The number of hydrogen-bond donors (Lipinski definition) is 1. The highest BCUT2D eigenvalue weighted by Gasteiger charge is 2.21. The van der Waals surface area contributed by atoms with Gasteiger partial charge in [0.2, 0.25) is 0 Å². The molecule has 1 saturated heterocycles. The van der Waals surface area contributed by atoms with E-state index in [2.05, 4.69) is 88.8 Å². The van der Waals surface area contributed by atoms with Gasteiger partial charge >= 0.3 is 0 Å². The molecule has 0 bridgehead atoms. The SMILES string of the molecule is COc1ccc(C=C2CNCS2)cc1C#CCN1c2ccccc2Sc2ccccc21. The fourth-order valence-electron chi connectivity index (χ4n) is 3.73. The molecule has 0 amide bonds. The molecule has 0 aromatic heterocycles. The Kier molecular flexibility index (Phi) is 5.95. The first-order valence-corrected chi connectivity index (χ1v) is 12.0. The van der Waals surface area contributed by atoms with Crippen LogP contribution in [-0.2, 0) is 0 Å². The van der Waals surface area contributed by atoms with Crippen molar-refractivity contribution in [2.24, 2.45) is 0 Å². The van der Waals surface area contributed by atoms with Crippen LogP contribution in [0.15, 0.2) is 81.4 Å². The van der Waals surface area contributed by atoms with Gasteiger partial charge in [0.15, 0.2) is 0 Å². The average molecular weight is 443 g/mol. The van der Waals surface area contributed by atoms with Crippen molar-refractivity contribution in [2.45, 2.75) is 9.79 Å². The lowest BCUT2D eigenvalue weighted by atomic mass is 10.1. The van der Waals surface area contributed by atoms with Crippen LogP contribution in [0.2, 0.25) is 0 Å². The first kappa shape index (κ1) is 20.1. The Bertz CT molecular complexity index is 1160. The summed E-state index contributed by atoms with van der Waals surface area (Å²) in [6, 6.07) is 23.2. The van der Waals surface area contributed by atoms with Gasteiger partial charge in [0.1, 0.15) is 5.75 Å². The van der Waals surface area contributed by atoms with E-state index in [0.717, 1.165) is 29.3 Å². The summed E-state index contributed by atoms with van der Waals surface area (Å²) in [5, 5.41) is 3.35. The number of methoxy groups -OCH3 is 1. The van der Waals surface area contributed by atoms with Gasteiger partial charge in [-0.1, -0.05) is 53.9 Å². The van der Waals surface area contributed by atoms with E-state index >= 15 is 0 Å². The highest BCUT2D eigenvalue weighted by Crippen LogP contribution is 2.47. The molecule has 3 aromatic carbocycles. The molecule has 154 valence electrons. The van der Waals surface area contributed by atoms with Crippen LogP contribution in [0.25, 0.3) is 6.08 Å². The summed E-state index contributed by atoms with van der Waals surface area (Å²) >= 11 is 3.67. The van der Waals surface area contributed by atoms with Gasteiger partial charge in [0.05, 0.1) is 30.6 Å². The zero-order chi connectivity index (χ0) is 21.0. The second-order valence-electron chi connectivity index (χ2n) is 7.21. The van der Waals surface area contributed by atoms with Gasteiger partial charge in [-0.25, -0.2) is 0 Å². The fraction of sp³-hybridized carbons (Fsp3) is 0.154. The van der Waals surface area contributed by atoms with Crippen molar-refractivity contribution in [3.05, 3.63) is 82.8 Å². The summed E-state index contributed by atoms with van der Waals surface area (Å²) in [5.74, 6) is 8.55. The van der Waals surface area contributed by atoms with Crippen molar-refractivity contribution in [1.29, 1.82) is 0 Å². The van der Waals surface area contributed by atoms with Gasteiger partial charge in [0.25, 0.3) is 0 Å². The molecular formula is C26H22N2OS2. The number of ether oxygens (including phenoxy) is 1. The van der Waals surface area contributed by atoms with E-state index in [1.54, 1.807) is 7.11 Å². The molecule has 0 saturated carbocycles. The minimum Gasteiger partial charge on any atom is -0.495 e. The first-order chi connectivity index (χ1) is 15.3. The molecule has 0 radical (unpaired) electrons. The molecule has 0 unspecified atom stereocenters. The molecule has 3 aromatic rings. The molecule has 1 N–H and O–H groups in total. The van der Waals surface area contributed by atoms with Crippen LogP contribution in [0.5, 0.6) is 5.75 Å². The number of thioether (sulfide) groups is 1. The lowest BCUT2D eigenvalue weighted by Crippen LogP contribution is -2.20. The molecule has 0 spiro atoms. The van der Waals surface area contributed by atoms with Crippen molar-refractivity contribution in [2.75, 3.05) is 31.0 Å². The van der Waals surface area contributed by atoms with Crippen LogP contribution >= 0.6 is 23.5 Å². The van der Waals surface area contributed by atoms with Crippen molar-refractivity contribution in [1.82, 2.24) is 5.32 Å². The predicted molar refractivity (Wildman–Crippen MR) is 132 cm³/mol. The smallest absolute Gasteiger partial charge is 0.134 e. The van der Waals surface area contributed by atoms with Crippen LogP contribution in [0.3, 0.4) is 0 Å². The maximum Gasteiger partial charge on any atom is 0.134 e. The van der Waals surface area contributed by atoms with Crippen molar-refractivity contribution >= 4 is 41.0 Å². The van der Waals surface area contributed by atoms with Gasteiger partial charge in [0, 0.05) is 27.1 Å². The number of fused-ring (bicyclic) bond motifs is 2. The number of nitrogens with one attached hydrogen (secondary N) is 1. The van der Waals surface area contributed by atoms with E-state index in [1.807, 2.05) is 29.6 Å². The van der Waals surface area contributed by atoms with E-state index in [0.29, 0.717) is 6.54 Å². The maximum absolute atomic E-state index is 5.57. The zero-order valence-electron chi connectivity index (χ0n) is 17.2. The molecule has 3 nitrogen and oxygen atoms in total. The minimum absolute atomic E-state index is 0.614. The number of para-hydroxylation sites is 2. The van der Waals surface area contributed by atoms with Gasteiger partial charge in [-0.05, 0) is 48.0 Å². The normalized spacial score (nSPS) is 15.8. The summed E-state index contributed by atoms with van der Waals surface area (Å²) in [6.07, 6.45) is 2.23. The Balaban J connectivity index is 1.45. The van der Waals surface area contributed by atoms with Gasteiger partial charge in [-0.15, -0.1) is 11.8 Å². The van der Waals surface area contributed by atoms with Crippen molar-refractivity contribution < 1.29 is 4.74 Å². The molecule has 5 rings (SSSR count). The molecular weight excluding hydrogens is 420 g/mol. The predicted octanol–water partition coefficient (Wildman–Crippen LogP) is 5.98. The fourth-order valence-corrected chi connectivity index (χ4v) is 5.63. The third kappa shape index (κ3) is 4.33. The highest BCUT2D eigenvalue weighted by atomic mass is 32.2. The lowest BCUT2D eigenvalue weighted by molar-refractivity contribution is 0.413. The van der Waals surface area contributed by atoms with Crippen LogP contribution in [0.1, 0.15) is 11.1 Å². The molecule has 0 aliphatic carbocycles. The number of rotatable bonds is 3. The average Bonchev–Trinajstić information content (AvgIpc) is 3.32. The highest BCUT2D eigenvalue weighted by molar-refractivity contribution is 8.03. The minimum atomic E-state index is 0.614. The number of benzene rings is 3. The third-order valence-corrected chi connectivity index (χ3v) is 7.31. The molecule has 31 heavy (non-hydrogen) atoms. The quantitative estimate of drug-likeness (QED) is 0.503. The second kappa shape index (κ2) is 9.15. The van der Waals surface area contributed by atoms with Gasteiger partial charge in [-0.3, -0.25) is 0 Å². The van der Waals surface area contributed by atoms with Crippen molar-refractivity contribution in [3.63, 3.8) is 0 Å². The maximum atomic E-state index is 5.57.